The molecule has 1 aromatic heterocycles. The van der Waals surface area contributed by atoms with E-state index >= 15 is 0 Å². The minimum absolute atomic E-state index is 0.219. The molecule has 14 aromatic rings. The summed E-state index contributed by atoms with van der Waals surface area (Å²) >= 11 is 0. The maximum Gasteiger partial charge on any atom is 0.0787 e. The van der Waals surface area contributed by atoms with Crippen LogP contribution in [-0.4, -0.2) is 4.98 Å². The summed E-state index contributed by atoms with van der Waals surface area (Å²) in [4.78, 5) is 5.08. The van der Waals surface area contributed by atoms with E-state index in [9.17, 15) is 0 Å². The average molecular weight is 1000 g/mol. The predicted octanol–water partition coefficient (Wildman–Crippen LogP) is 21.6. The number of fused-ring (bicyclic) bond motifs is 11. The van der Waals surface area contributed by atoms with Crippen molar-refractivity contribution in [3.8, 4) is 89.1 Å². The highest BCUT2D eigenvalue weighted by Crippen LogP contribution is 2.56. The molecule has 1 heteroatoms. The first-order valence-corrected chi connectivity index (χ1v) is 27.7. The van der Waals surface area contributed by atoms with Crippen molar-refractivity contribution in [2.45, 2.75) is 18.8 Å². The molecule has 0 saturated carbocycles. The lowest BCUT2D eigenvalue weighted by atomic mass is 9.85. The van der Waals surface area contributed by atoms with Gasteiger partial charge in [0.1, 0.15) is 0 Å². The summed E-state index contributed by atoms with van der Waals surface area (Å²) < 4.78 is 0. The zero-order chi connectivity index (χ0) is 52.3. The Balaban J connectivity index is 0.934. The molecule has 13 aromatic carbocycles. The zero-order valence-corrected chi connectivity index (χ0v) is 43.7. The van der Waals surface area contributed by atoms with Crippen molar-refractivity contribution in [3.63, 3.8) is 0 Å². The van der Waals surface area contributed by atoms with Crippen LogP contribution >= 0.6 is 0 Å². The van der Waals surface area contributed by atoms with Gasteiger partial charge in [0.05, 0.1) is 5.69 Å². The molecule has 2 atom stereocenters. The third kappa shape index (κ3) is 6.93. The molecule has 0 aliphatic heterocycles. The first-order chi connectivity index (χ1) is 39.1. The molecular formula is C78H51N. The normalized spacial score (nSPS) is 14.4. The number of hydrogen-bond acceptors (Lipinski definition) is 1. The second kappa shape index (κ2) is 17.8. The molecule has 0 radical (unpaired) electrons. The summed E-state index contributed by atoms with van der Waals surface area (Å²) in [6.07, 6.45) is 8.36. The van der Waals surface area contributed by atoms with Gasteiger partial charge in [-0.1, -0.05) is 232 Å². The fraction of sp³-hybridized carbons (Fsp3) is 0.0385. The van der Waals surface area contributed by atoms with Crippen molar-refractivity contribution < 1.29 is 0 Å². The summed E-state index contributed by atoms with van der Waals surface area (Å²) in [6, 6.07) is 90.8. The predicted molar refractivity (Wildman–Crippen MR) is 337 cm³/mol. The molecule has 0 saturated heterocycles. The lowest BCUT2D eigenvalue weighted by molar-refractivity contribution is 0.712. The third-order valence-corrected chi connectivity index (χ3v) is 17.6. The summed E-state index contributed by atoms with van der Waals surface area (Å²) in [5, 5.41) is 15.3. The third-order valence-electron chi connectivity index (χ3n) is 17.6. The van der Waals surface area contributed by atoms with E-state index in [4.69, 9.17) is 4.98 Å². The van der Waals surface area contributed by atoms with Gasteiger partial charge in [-0.25, -0.2) is 0 Å². The van der Waals surface area contributed by atoms with Gasteiger partial charge in [-0.05, 0) is 186 Å². The minimum atomic E-state index is 0.219. The van der Waals surface area contributed by atoms with E-state index in [0.29, 0.717) is 5.92 Å². The van der Waals surface area contributed by atoms with Crippen molar-refractivity contribution >= 4 is 64.6 Å². The molecule has 1 heterocycles. The van der Waals surface area contributed by atoms with Crippen molar-refractivity contribution in [3.05, 3.63) is 285 Å². The topological polar surface area (TPSA) is 12.9 Å². The number of benzene rings is 13. The molecule has 2 unspecified atom stereocenters. The highest BCUT2D eigenvalue weighted by Gasteiger charge is 2.34. The van der Waals surface area contributed by atoms with Crippen LogP contribution in [0.25, 0.3) is 154 Å². The highest BCUT2D eigenvalue weighted by atomic mass is 14.7. The molecule has 79 heavy (non-hydrogen) atoms. The molecule has 1 nitrogen and oxygen atoms in total. The maximum atomic E-state index is 5.08. The van der Waals surface area contributed by atoms with Gasteiger partial charge in [-0.2, -0.15) is 0 Å². The van der Waals surface area contributed by atoms with Crippen LogP contribution in [0.2, 0.25) is 0 Å². The first kappa shape index (κ1) is 45.3. The molecule has 0 amide bonds. The Bertz CT molecular complexity index is 4880. The Morgan fingerprint density at radius 1 is 0.342 bits per heavy atom. The largest absolute Gasteiger partial charge is 0.256 e. The van der Waals surface area contributed by atoms with Crippen LogP contribution in [0.4, 0.5) is 0 Å². The van der Waals surface area contributed by atoms with E-state index in [1.807, 2.05) is 12.3 Å². The lowest BCUT2D eigenvalue weighted by Crippen LogP contribution is -1.99. The fourth-order valence-corrected chi connectivity index (χ4v) is 13.9. The molecule has 0 N–H and O–H groups in total. The van der Waals surface area contributed by atoms with E-state index in [-0.39, 0.29) is 5.92 Å². The highest BCUT2D eigenvalue weighted by molar-refractivity contribution is 6.30. The maximum absolute atomic E-state index is 5.08. The quantitative estimate of drug-likeness (QED) is 0.109. The molecular weight excluding hydrogens is 951 g/mol. The first-order valence-electron chi connectivity index (χ1n) is 27.7. The van der Waals surface area contributed by atoms with E-state index < -0.39 is 0 Å². The number of allylic oxidation sites excluding steroid dienone is 3. The molecule has 0 bridgehead atoms. The Morgan fingerprint density at radius 2 is 0.797 bits per heavy atom. The van der Waals surface area contributed by atoms with E-state index in [1.165, 1.54) is 159 Å². The van der Waals surface area contributed by atoms with Gasteiger partial charge in [0, 0.05) is 34.2 Å². The Morgan fingerprint density at radius 3 is 1.37 bits per heavy atom. The monoisotopic (exact) mass is 1000 g/mol. The number of nitrogens with zero attached hydrogens (tertiary/aromatic N) is 1. The summed E-state index contributed by atoms with van der Waals surface area (Å²) in [6.45, 7) is 6.49. The average Bonchev–Trinajstić information content (AvgIpc) is 4.25. The van der Waals surface area contributed by atoms with Crippen LogP contribution < -0.4 is 0 Å². The van der Waals surface area contributed by atoms with Crippen molar-refractivity contribution in [2.75, 3.05) is 0 Å². The van der Waals surface area contributed by atoms with Crippen LogP contribution in [0.3, 0.4) is 0 Å². The smallest absolute Gasteiger partial charge is 0.0787 e. The van der Waals surface area contributed by atoms with Crippen LogP contribution in [0.5, 0.6) is 0 Å². The molecule has 0 fully saturated rings. The molecule has 16 rings (SSSR count). The van der Waals surface area contributed by atoms with Gasteiger partial charge in [0.15, 0.2) is 0 Å². The zero-order valence-electron chi connectivity index (χ0n) is 43.7. The second-order valence-electron chi connectivity index (χ2n) is 21.7. The molecule has 2 aliphatic rings. The Kier molecular flexibility index (Phi) is 10.2. The number of aromatic nitrogens is 1. The van der Waals surface area contributed by atoms with Gasteiger partial charge in [-0.3, -0.25) is 4.98 Å². The van der Waals surface area contributed by atoms with Gasteiger partial charge in [-0.15, -0.1) is 0 Å². The lowest BCUT2D eigenvalue weighted by Gasteiger charge is -2.18. The van der Waals surface area contributed by atoms with Gasteiger partial charge >= 0.3 is 0 Å². The van der Waals surface area contributed by atoms with Crippen LogP contribution in [-0.2, 0) is 0 Å². The van der Waals surface area contributed by atoms with Crippen molar-refractivity contribution in [1.82, 2.24) is 4.98 Å². The van der Waals surface area contributed by atoms with Crippen LogP contribution in [0.15, 0.2) is 274 Å². The molecule has 0 spiro atoms. The van der Waals surface area contributed by atoms with Crippen LogP contribution in [0, 0.1) is 0 Å². The minimum Gasteiger partial charge on any atom is -0.256 e. The van der Waals surface area contributed by atoms with Crippen LogP contribution in [0.1, 0.15) is 29.9 Å². The number of pyridine rings is 1. The molecule has 368 valence electrons. The van der Waals surface area contributed by atoms with Crippen molar-refractivity contribution in [1.29, 1.82) is 0 Å². The number of hydrogen-bond donors (Lipinski definition) is 0. The number of rotatable bonds is 8. The van der Waals surface area contributed by atoms with E-state index in [1.54, 1.807) is 0 Å². The van der Waals surface area contributed by atoms with Crippen molar-refractivity contribution in [2.24, 2.45) is 0 Å². The summed E-state index contributed by atoms with van der Waals surface area (Å²) in [7, 11) is 0. The van der Waals surface area contributed by atoms with Gasteiger partial charge < -0.3 is 0 Å². The van der Waals surface area contributed by atoms with Gasteiger partial charge in [0.25, 0.3) is 0 Å². The summed E-state index contributed by atoms with van der Waals surface area (Å²) in [5.41, 5.74) is 22.2. The summed E-state index contributed by atoms with van der Waals surface area (Å²) in [5.74, 6) is 0.509. The van der Waals surface area contributed by atoms with E-state index in [0.717, 1.165) is 5.69 Å². The standard InChI is InChI=1S/C78H51N/c1-3-4-26-56-47(2)64-43-69-59-34-32-54(48-18-9-5-10-19-48)41-67(59)65(44-71(69)61-38-36-57(74(56)76(61)64)50-22-13-7-14-23-50)52-28-30-53(31-29-52)66-45-72-62-39-37-58(51-24-15-8-16-25-51)75-63-27-17-40-79-78(63)73(77(62)75)46-70(72)60-35-33-55(42-68(60)66)49-20-11-6-12-21-49/h3-47,56H,1H2,2H3/b26-4-. The molecule has 2 aliphatic carbocycles. The Hall–Kier alpha value is -9.95. The SMILES string of the molecule is C=C/C=C\C1c2c(-c3ccccc3)ccc3c2c(cc2c4ccc(-c5ccccc5)cc4c(-c4ccc(-c5cc6c7ccc(-c8ccccc8)c8c7c(cc6c6ccc(-c7ccccc7)cc56)-c5ncccc5-8)cc4)cc32)C1C. The second-order valence-corrected chi connectivity index (χ2v) is 21.7. The van der Waals surface area contributed by atoms with Gasteiger partial charge in [0.2, 0.25) is 0 Å². The Labute approximate surface area is 459 Å². The fourth-order valence-electron chi connectivity index (χ4n) is 13.9. The van der Waals surface area contributed by atoms with E-state index in [2.05, 4.69) is 268 Å².